The standard InChI is InChI=1S/C20H19FO5/c1-24-16-9-3-13(4-10-16)11-20(19(23)25-2)12-17(22)26-18(20)14-5-7-15(21)8-6-14/h3-10,18H,11-12H2,1-2H3. The predicted molar refractivity (Wildman–Crippen MR) is 91.0 cm³/mol. The Labute approximate surface area is 150 Å². The molecule has 0 aliphatic carbocycles. The van der Waals surface area contributed by atoms with Crippen LogP contribution in [0, 0.1) is 11.2 Å². The number of benzene rings is 2. The Kier molecular flexibility index (Phi) is 4.93. The number of methoxy groups -OCH3 is 2. The first-order valence-electron chi connectivity index (χ1n) is 8.15. The fourth-order valence-electron chi connectivity index (χ4n) is 3.38. The predicted octanol–water partition coefficient (Wildman–Crippen LogP) is 3.22. The number of carbonyl (C=O) groups is 2. The van der Waals surface area contributed by atoms with E-state index in [1.54, 1.807) is 19.2 Å². The number of esters is 2. The second kappa shape index (κ2) is 7.15. The van der Waals surface area contributed by atoms with Crippen molar-refractivity contribution in [3.05, 3.63) is 65.5 Å². The van der Waals surface area contributed by atoms with Crippen molar-refractivity contribution in [1.82, 2.24) is 0 Å². The molecule has 1 saturated heterocycles. The van der Waals surface area contributed by atoms with E-state index in [-0.39, 0.29) is 12.8 Å². The second-order valence-electron chi connectivity index (χ2n) is 6.27. The number of halogens is 1. The van der Waals surface area contributed by atoms with Gasteiger partial charge in [-0.25, -0.2) is 4.39 Å². The molecule has 0 bridgehead atoms. The largest absolute Gasteiger partial charge is 0.497 e. The van der Waals surface area contributed by atoms with Crippen LogP contribution in [0.3, 0.4) is 0 Å². The molecule has 6 heteroatoms. The molecule has 0 aromatic heterocycles. The molecule has 26 heavy (non-hydrogen) atoms. The van der Waals surface area contributed by atoms with Crippen molar-refractivity contribution in [3.63, 3.8) is 0 Å². The molecule has 1 heterocycles. The van der Waals surface area contributed by atoms with Gasteiger partial charge in [0.2, 0.25) is 0 Å². The smallest absolute Gasteiger partial charge is 0.316 e. The third-order valence-electron chi connectivity index (χ3n) is 4.65. The summed E-state index contributed by atoms with van der Waals surface area (Å²) in [4.78, 5) is 24.8. The van der Waals surface area contributed by atoms with Crippen molar-refractivity contribution < 1.29 is 28.2 Å². The van der Waals surface area contributed by atoms with Crippen molar-refractivity contribution in [3.8, 4) is 5.75 Å². The Morgan fingerprint density at radius 1 is 1.15 bits per heavy atom. The van der Waals surface area contributed by atoms with Crippen LogP contribution >= 0.6 is 0 Å². The highest BCUT2D eigenvalue weighted by atomic mass is 19.1. The minimum atomic E-state index is -1.21. The summed E-state index contributed by atoms with van der Waals surface area (Å²) in [5.74, 6) is -0.738. The molecule has 0 radical (unpaired) electrons. The van der Waals surface area contributed by atoms with E-state index in [1.165, 1.54) is 31.4 Å². The van der Waals surface area contributed by atoms with E-state index in [2.05, 4.69) is 0 Å². The number of carbonyl (C=O) groups excluding carboxylic acids is 2. The molecule has 2 aromatic rings. The van der Waals surface area contributed by atoms with E-state index in [4.69, 9.17) is 14.2 Å². The summed E-state index contributed by atoms with van der Waals surface area (Å²) in [6.07, 6.45) is -0.698. The maximum Gasteiger partial charge on any atom is 0.316 e. The summed E-state index contributed by atoms with van der Waals surface area (Å²) in [6.45, 7) is 0. The van der Waals surface area contributed by atoms with E-state index in [1.807, 2.05) is 12.1 Å². The lowest BCUT2D eigenvalue weighted by molar-refractivity contribution is -0.157. The highest BCUT2D eigenvalue weighted by Crippen LogP contribution is 2.49. The fraction of sp³-hybridized carbons (Fsp3) is 0.300. The van der Waals surface area contributed by atoms with Gasteiger partial charge in [-0.1, -0.05) is 24.3 Å². The quantitative estimate of drug-likeness (QED) is 0.768. The first-order valence-corrected chi connectivity index (χ1v) is 8.15. The average molecular weight is 358 g/mol. The molecular formula is C20H19FO5. The molecule has 1 aliphatic rings. The summed E-state index contributed by atoms with van der Waals surface area (Å²) >= 11 is 0. The molecule has 1 fully saturated rings. The molecule has 1 aliphatic heterocycles. The molecule has 2 aromatic carbocycles. The van der Waals surface area contributed by atoms with Gasteiger partial charge in [-0.3, -0.25) is 9.59 Å². The third-order valence-corrected chi connectivity index (χ3v) is 4.65. The molecule has 5 nitrogen and oxygen atoms in total. The van der Waals surface area contributed by atoms with Gasteiger partial charge in [0.15, 0.2) is 0 Å². The van der Waals surface area contributed by atoms with Crippen LogP contribution in [0.2, 0.25) is 0 Å². The molecule has 0 N–H and O–H groups in total. The number of ether oxygens (including phenoxy) is 3. The monoisotopic (exact) mass is 358 g/mol. The summed E-state index contributed by atoms with van der Waals surface area (Å²) < 4.78 is 28.9. The van der Waals surface area contributed by atoms with E-state index in [9.17, 15) is 14.0 Å². The molecule has 136 valence electrons. The van der Waals surface area contributed by atoms with Gasteiger partial charge >= 0.3 is 11.9 Å². The van der Waals surface area contributed by atoms with Crippen molar-refractivity contribution in [2.24, 2.45) is 5.41 Å². The van der Waals surface area contributed by atoms with Crippen LogP contribution < -0.4 is 4.74 Å². The van der Waals surface area contributed by atoms with Gasteiger partial charge in [0.1, 0.15) is 23.1 Å². The van der Waals surface area contributed by atoms with Gasteiger partial charge < -0.3 is 14.2 Å². The van der Waals surface area contributed by atoms with Gasteiger partial charge in [-0.15, -0.1) is 0 Å². The Morgan fingerprint density at radius 3 is 2.38 bits per heavy atom. The topological polar surface area (TPSA) is 61.8 Å². The van der Waals surface area contributed by atoms with E-state index in [0.717, 1.165) is 5.56 Å². The molecule has 0 spiro atoms. The van der Waals surface area contributed by atoms with Crippen LogP contribution in [0.5, 0.6) is 5.75 Å². The SMILES string of the molecule is COC(=O)C1(Cc2ccc(OC)cc2)CC(=O)OC1c1ccc(F)cc1. The minimum absolute atomic E-state index is 0.103. The van der Waals surface area contributed by atoms with Gasteiger partial charge in [0.05, 0.1) is 20.6 Å². The van der Waals surface area contributed by atoms with Gasteiger partial charge in [-0.05, 0) is 41.8 Å². The van der Waals surface area contributed by atoms with Gasteiger partial charge in [0.25, 0.3) is 0 Å². The van der Waals surface area contributed by atoms with Crippen LogP contribution in [0.15, 0.2) is 48.5 Å². The molecule has 0 amide bonds. The highest BCUT2D eigenvalue weighted by molar-refractivity contribution is 5.87. The maximum absolute atomic E-state index is 13.3. The van der Waals surface area contributed by atoms with Crippen LogP contribution in [-0.4, -0.2) is 26.2 Å². The fourth-order valence-corrected chi connectivity index (χ4v) is 3.38. The van der Waals surface area contributed by atoms with E-state index < -0.39 is 29.3 Å². The number of hydrogen-bond donors (Lipinski definition) is 0. The van der Waals surface area contributed by atoms with E-state index in [0.29, 0.717) is 11.3 Å². The first kappa shape index (κ1) is 17.9. The Balaban J connectivity index is 2.01. The molecule has 0 saturated carbocycles. The average Bonchev–Trinajstić information content (AvgIpc) is 2.99. The Bertz CT molecular complexity index is 800. The van der Waals surface area contributed by atoms with Crippen LogP contribution in [0.25, 0.3) is 0 Å². The molecule has 2 atom stereocenters. The van der Waals surface area contributed by atoms with Crippen molar-refractivity contribution in [2.75, 3.05) is 14.2 Å². The highest BCUT2D eigenvalue weighted by Gasteiger charge is 2.56. The number of cyclic esters (lactones) is 1. The van der Waals surface area contributed by atoms with Gasteiger partial charge in [0, 0.05) is 0 Å². The molecular weight excluding hydrogens is 339 g/mol. The first-order chi connectivity index (χ1) is 12.5. The Morgan fingerprint density at radius 2 is 1.81 bits per heavy atom. The summed E-state index contributed by atoms with van der Waals surface area (Å²) in [5, 5.41) is 0. The second-order valence-corrected chi connectivity index (χ2v) is 6.27. The van der Waals surface area contributed by atoms with Crippen molar-refractivity contribution >= 4 is 11.9 Å². The number of hydrogen-bond acceptors (Lipinski definition) is 5. The lowest BCUT2D eigenvalue weighted by Crippen LogP contribution is -2.37. The number of rotatable bonds is 5. The normalized spacial score (nSPS) is 22.0. The summed E-state index contributed by atoms with van der Waals surface area (Å²) in [5.41, 5.74) is 0.177. The van der Waals surface area contributed by atoms with Crippen molar-refractivity contribution in [1.29, 1.82) is 0 Å². The third kappa shape index (κ3) is 3.27. The maximum atomic E-state index is 13.3. The van der Waals surface area contributed by atoms with Crippen LogP contribution in [0.4, 0.5) is 4.39 Å². The minimum Gasteiger partial charge on any atom is -0.497 e. The van der Waals surface area contributed by atoms with Crippen molar-refractivity contribution in [2.45, 2.75) is 18.9 Å². The zero-order chi connectivity index (χ0) is 18.7. The molecule has 2 unspecified atom stereocenters. The van der Waals surface area contributed by atoms with Crippen LogP contribution in [0.1, 0.15) is 23.7 Å². The Hall–Kier alpha value is -2.89. The summed E-state index contributed by atoms with van der Waals surface area (Å²) in [7, 11) is 2.85. The summed E-state index contributed by atoms with van der Waals surface area (Å²) in [6, 6.07) is 12.8. The lowest BCUT2D eigenvalue weighted by Gasteiger charge is -2.30. The van der Waals surface area contributed by atoms with E-state index >= 15 is 0 Å². The van der Waals surface area contributed by atoms with Crippen LogP contribution in [-0.2, 0) is 25.5 Å². The zero-order valence-corrected chi connectivity index (χ0v) is 14.5. The van der Waals surface area contributed by atoms with Gasteiger partial charge in [-0.2, -0.15) is 0 Å². The molecule has 3 rings (SSSR count). The lowest BCUT2D eigenvalue weighted by atomic mass is 9.73. The zero-order valence-electron chi connectivity index (χ0n) is 14.5.